The van der Waals surface area contributed by atoms with Gasteiger partial charge in [-0.25, -0.2) is 14.6 Å². The van der Waals surface area contributed by atoms with E-state index in [4.69, 9.17) is 14.2 Å². The molecule has 0 bridgehead atoms. The van der Waals surface area contributed by atoms with Gasteiger partial charge in [-0.3, -0.25) is 5.32 Å². The summed E-state index contributed by atoms with van der Waals surface area (Å²) in [6, 6.07) is 5.54. The smallest absolute Gasteiger partial charge is 0.410 e. The Morgan fingerprint density at radius 1 is 1.28 bits per heavy atom. The Morgan fingerprint density at radius 2 is 2.11 bits per heavy atom. The molecule has 9 nitrogen and oxygen atoms in total. The van der Waals surface area contributed by atoms with E-state index in [-0.39, 0.29) is 18.2 Å². The van der Waals surface area contributed by atoms with Gasteiger partial charge in [-0.15, -0.1) is 11.3 Å². The number of ether oxygens (including phenoxy) is 3. The van der Waals surface area contributed by atoms with Crippen LogP contribution in [0.25, 0.3) is 16.1 Å². The van der Waals surface area contributed by atoms with Gasteiger partial charge in [0, 0.05) is 35.6 Å². The van der Waals surface area contributed by atoms with E-state index in [0.29, 0.717) is 32.1 Å². The monoisotopic (exact) mass is 514 g/mol. The van der Waals surface area contributed by atoms with Crippen LogP contribution in [0.4, 0.5) is 15.4 Å². The molecule has 0 aliphatic carbocycles. The molecule has 2 aromatic rings. The van der Waals surface area contributed by atoms with Gasteiger partial charge >= 0.3 is 12.1 Å². The number of thiazole rings is 1. The minimum absolute atomic E-state index is 0.152. The third-order valence-electron chi connectivity index (χ3n) is 5.91. The average Bonchev–Trinajstić information content (AvgIpc) is 3.31. The Morgan fingerprint density at radius 3 is 2.83 bits per heavy atom. The lowest BCUT2D eigenvalue weighted by Gasteiger charge is -2.34. The van der Waals surface area contributed by atoms with Crippen molar-refractivity contribution in [1.29, 1.82) is 0 Å². The summed E-state index contributed by atoms with van der Waals surface area (Å²) in [5.74, 6) is 1.26. The first-order valence-corrected chi connectivity index (χ1v) is 13.1. The van der Waals surface area contributed by atoms with Gasteiger partial charge in [-0.2, -0.15) is 0 Å². The summed E-state index contributed by atoms with van der Waals surface area (Å²) in [7, 11) is 1.66. The van der Waals surface area contributed by atoms with Crippen molar-refractivity contribution in [3.05, 3.63) is 35.2 Å². The summed E-state index contributed by atoms with van der Waals surface area (Å²) in [4.78, 5) is 31.2. The maximum atomic E-state index is 12.6. The number of methoxy groups -OCH3 is 1. The first kappa shape index (κ1) is 26.0. The number of hydrogen-bond donors (Lipinski definition) is 2. The minimum Gasteiger partial charge on any atom is -0.496 e. The van der Waals surface area contributed by atoms with E-state index < -0.39 is 5.60 Å². The minimum atomic E-state index is -0.552. The third kappa shape index (κ3) is 6.76. The van der Waals surface area contributed by atoms with Gasteiger partial charge in [0.2, 0.25) is 0 Å². The molecule has 0 unspecified atom stereocenters. The molecule has 1 atom stereocenters. The van der Waals surface area contributed by atoms with Crippen LogP contribution < -0.4 is 15.4 Å². The molecule has 2 aliphatic heterocycles. The molecular formula is C26H34N4O5S. The number of likely N-dealkylation sites (tertiary alicyclic amines) is 1. The third-order valence-corrected chi connectivity index (χ3v) is 6.80. The second-order valence-electron chi connectivity index (χ2n) is 9.87. The number of piperidine rings is 1. The fourth-order valence-electron chi connectivity index (χ4n) is 4.25. The number of aromatic nitrogens is 1. The molecule has 1 saturated heterocycles. The van der Waals surface area contributed by atoms with Crippen molar-refractivity contribution in [2.24, 2.45) is 0 Å². The topological polar surface area (TPSA) is 102 Å². The quantitative estimate of drug-likeness (QED) is 0.573. The number of anilines is 1. The highest BCUT2D eigenvalue weighted by Crippen LogP contribution is 2.35. The molecule has 36 heavy (non-hydrogen) atoms. The first-order valence-electron chi connectivity index (χ1n) is 12.2. The van der Waals surface area contributed by atoms with Crippen LogP contribution in [-0.4, -0.2) is 67.1 Å². The number of urea groups is 1. The van der Waals surface area contributed by atoms with Gasteiger partial charge in [0.15, 0.2) is 0 Å². The van der Waals surface area contributed by atoms with E-state index >= 15 is 0 Å². The average molecular weight is 515 g/mol. The largest absolute Gasteiger partial charge is 0.496 e. The van der Waals surface area contributed by atoms with E-state index in [1.807, 2.05) is 44.4 Å². The van der Waals surface area contributed by atoms with Crippen molar-refractivity contribution in [1.82, 2.24) is 15.2 Å². The number of benzene rings is 1. The number of nitrogens with one attached hydrogen (secondary N) is 2. The van der Waals surface area contributed by atoms with E-state index in [1.54, 1.807) is 12.0 Å². The predicted octanol–water partition coefficient (Wildman–Crippen LogP) is 5.14. The fourth-order valence-corrected chi connectivity index (χ4v) is 5.00. The van der Waals surface area contributed by atoms with Crippen LogP contribution in [0.3, 0.4) is 0 Å². The molecule has 1 aromatic carbocycles. The Bertz CT molecular complexity index is 1120. The summed E-state index contributed by atoms with van der Waals surface area (Å²) >= 11 is 1.45. The van der Waals surface area contributed by atoms with Crippen molar-refractivity contribution in [3.8, 4) is 16.3 Å². The fraction of sp³-hybridized carbons (Fsp3) is 0.500. The van der Waals surface area contributed by atoms with Gasteiger partial charge in [0.25, 0.3) is 0 Å². The van der Waals surface area contributed by atoms with Gasteiger partial charge in [0.05, 0.1) is 20.3 Å². The van der Waals surface area contributed by atoms with Crippen LogP contribution in [0, 0.1) is 0 Å². The highest BCUT2D eigenvalue weighted by molar-refractivity contribution is 7.13. The number of carbonyl (C=O) groups is 2. The second kappa shape index (κ2) is 11.3. The molecule has 194 valence electrons. The molecule has 0 saturated carbocycles. The van der Waals surface area contributed by atoms with Gasteiger partial charge in [0.1, 0.15) is 22.2 Å². The van der Waals surface area contributed by atoms with Crippen LogP contribution in [0.2, 0.25) is 0 Å². The molecule has 2 aliphatic rings. The summed E-state index contributed by atoms with van der Waals surface area (Å²) < 4.78 is 16.5. The van der Waals surface area contributed by atoms with Gasteiger partial charge in [-0.05, 0) is 51.7 Å². The molecule has 1 aromatic heterocycles. The van der Waals surface area contributed by atoms with Crippen LogP contribution >= 0.6 is 11.3 Å². The standard InChI is InChI=1S/C26H34N4O5S/c1-26(2,3)35-25(32)30-11-5-6-19(15-30)27-24(31)29-22-16-36-23(28-22)18-7-8-20(21(14-18)33-4)17-9-12-34-13-10-17/h7-9,14,16,19H,5-6,10-13,15H2,1-4H3,(H2,27,29,31)/t19-/m0/s1. The first-order chi connectivity index (χ1) is 17.2. The zero-order valence-corrected chi connectivity index (χ0v) is 22.1. The number of amides is 3. The van der Waals surface area contributed by atoms with Crippen molar-refractivity contribution in [3.63, 3.8) is 0 Å². The summed E-state index contributed by atoms with van der Waals surface area (Å²) in [6.07, 6.45) is 4.18. The highest BCUT2D eigenvalue weighted by atomic mass is 32.1. The Kier molecular flexibility index (Phi) is 8.15. The maximum absolute atomic E-state index is 12.6. The number of hydrogen-bond acceptors (Lipinski definition) is 7. The zero-order chi connectivity index (χ0) is 25.7. The molecule has 1 fully saturated rings. The van der Waals surface area contributed by atoms with E-state index in [1.165, 1.54) is 16.9 Å². The lowest BCUT2D eigenvalue weighted by molar-refractivity contribution is 0.0191. The normalized spacial score (nSPS) is 18.3. The van der Waals surface area contributed by atoms with Crippen molar-refractivity contribution in [2.45, 2.75) is 51.7 Å². The molecule has 0 spiro atoms. The lowest BCUT2D eigenvalue weighted by Crippen LogP contribution is -2.51. The van der Waals surface area contributed by atoms with Crippen LogP contribution in [-0.2, 0) is 9.47 Å². The molecule has 4 rings (SSSR count). The van der Waals surface area contributed by atoms with Gasteiger partial charge < -0.3 is 24.4 Å². The number of carbonyl (C=O) groups excluding carboxylic acids is 2. The van der Waals surface area contributed by atoms with Gasteiger partial charge in [-0.1, -0.05) is 18.2 Å². The maximum Gasteiger partial charge on any atom is 0.410 e. The Balaban J connectivity index is 1.35. The molecule has 2 N–H and O–H groups in total. The zero-order valence-electron chi connectivity index (χ0n) is 21.3. The van der Waals surface area contributed by atoms with Crippen molar-refractivity contribution >= 4 is 34.9 Å². The highest BCUT2D eigenvalue weighted by Gasteiger charge is 2.28. The van der Waals surface area contributed by atoms with Crippen molar-refractivity contribution in [2.75, 3.05) is 38.7 Å². The Labute approximate surface area is 215 Å². The van der Waals surface area contributed by atoms with E-state index in [9.17, 15) is 9.59 Å². The second-order valence-corrected chi connectivity index (χ2v) is 10.7. The summed E-state index contributed by atoms with van der Waals surface area (Å²) in [5, 5.41) is 8.36. The SMILES string of the molecule is COc1cc(-c2nc(NC(=O)N[C@H]3CCCN(C(=O)OC(C)(C)C)C3)cs2)ccc1C1=CCOCC1. The van der Waals surface area contributed by atoms with Crippen LogP contribution in [0.5, 0.6) is 5.75 Å². The van der Waals surface area contributed by atoms with Crippen molar-refractivity contribution < 1.29 is 23.8 Å². The summed E-state index contributed by atoms with van der Waals surface area (Å²) in [6.45, 7) is 7.89. The Hall–Kier alpha value is -3.11. The molecule has 3 amide bonds. The van der Waals surface area contributed by atoms with Crippen LogP contribution in [0.15, 0.2) is 29.7 Å². The van der Waals surface area contributed by atoms with E-state index in [0.717, 1.165) is 41.1 Å². The number of nitrogens with zero attached hydrogens (tertiary/aromatic N) is 2. The lowest BCUT2D eigenvalue weighted by atomic mass is 9.99. The summed E-state index contributed by atoms with van der Waals surface area (Å²) in [5.41, 5.74) is 2.65. The molecule has 10 heteroatoms. The molecule has 0 radical (unpaired) electrons. The predicted molar refractivity (Wildman–Crippen MR) is 140 cm³/mol. The number of rotatable bonds is 5. The molecular weight excluding hydrogens is 480 g/mol. The van der Waals surface area contributed by atoms with Crippen LogP contribution in [0.1, 0.15) is 45.6 Å². The molecule has 3 heterocycles. The van der Waals surface area contributed by atoms with E-state index in [2.05, 4.69) is 21.7 Å².